The second kappa shape index (κ2) is 17.3. The van der Waals surface area contributed by atoms with Crippen molar-refractivity contribution in [3.63, 3.8) is 0 Å². The second-order valence-corrected chi connectivity index (χ2v) is 15.3. The predicted octanol–water partition coefficient (Wildman–Crippen LogP) is 9.69. The van der Waals surface area contributed by atoms with Crippen molar-refractivity contribution in [1.29, 1.82) is 0 Å². The number of aliphatic hydroxyl groups excluding tert-OH is 1. The maximum Gasteiger partial charge on any atom is 0.105 e. The molecule has 0 bridgehead atoms. The molecular weight excluding hydrogens is 500 g/mol. The van der Waals surface area contributed by atoms with Gasteiger partial charge in [-0.3, -0.25) is 5.32 Å². The molecule has 0 aromatic carbocycles. The van der Waals surface area contributed by atoms with Crippen LogP contribution in [0.5, 0.6) is 0 Å². The topological polar surface area (TPSA) is 35.5 Å². The maximum absolute atomic E-state index is 10.8. The number of likely N-dealkylation sites (tertiary alicyclic amines) is 1. The predicted molar refractivity (Wildman–Crippen MR) is 171 cm³/mol. The molecule has 1 saturated heterocycles. The molecule has 0 aromatic rings. The molecule has 0 amide bonds. The Bertz CT molecular complexity index is 649. The SMILES string of the molecule is CCCCC(C)C(CCCCC(Cl)CCC1(C)CCC1)CCN1CCC(NC(O)CCC)(C2CCCCC2)C1. The van der Waals surface area contributed by atoms with E-state index >= 15 is 0 Å². The van der Waals surface area contributed by atoms with E-state index in [9.17, 15) is 5.11 Å². The highest BCUT2D eigenvalue weighted by molar-refractivity contribution is 6.20. The first kappa shape index (κ1) is 33.7. The van der Waals surface area contributed by atoms with Crippen LogP contribution in [0.25, 0.3) is 0 Å². The third-order valence-corrected chi connectivity index (χ3v) is 11.8. The Morgan fingerprint density at radius 2 is 1.62 bits per heavy atom. The molecule has 5 atom stereocenters. The third kappa shape index (κ3) is 11.1. The van der Waals surface area contributed by atoms with Crippen LogP contribution in [0.2, 0.25) is 0 Å². The van der Waals surface area contributed by atoms with E-state index in [4.69, 9.17) is 11.6 Å². The molecule has 3 aliphatic rings. The van der Waals surface area contributed by atoms with Gasteiger partial charge in [-0.2, -0.15) is 0 Å². The van der Waals surface area contributed by atoms with Gasteiger partial charge in [0.1, 0.15) is 6.23 Å². The fourth-order valence-corrected chi connectivity index (χ4v) is 8.55. The highest BCUT2D eigenvalue weighted by Gasteiger charge is 2.45. The second-order valence-electron chi connectivity index (χ2n) is 14.7. The molecule has 3 fully saturated rings. The van der Waals surface area contributed by atoms with Crippen molar-refractivity contribution in [2.24, 2.45) is 23.2 Å². The highest BCUT2D eigenvalue weighted by Crippen LogP contribution is 2.45. The number of nitrogens with zero attached hydrogens (tertiary/aromatic N) is 1. The van der Waals surface area contributed by atoms with Crippen LogP contribution in [-0.2, 0) is 0 Å². The summed E-state index contributed by atoms with van der Waals surface area (Å²) in [6.07, 6.45) is 27.1. The molecule has 2 N–H and O–H groups in total. The Balaban J connectivity index is 1.47. The maximum atomic E-state index is 10.8. The molecule has 1 aliphatic heterocycles. The molecular formula is C35H67ClN2O. The Labute approximate surface area is 249 Å². The van der Waals surface area contributed by atoms with E-state index in [0.29, 0.717) is 10.8 Å². The van der Waals surface area contributed by atoms with E-state index in [-0.39, 0.29) is 11.8 Å². The van der Waals surface area contributed by atoms with Crippen LogP contribution in [0.15, 0.2) is 0 Å². The molecule has 2 aliphatic carbocycles. The van der Waals surface area contributed by atoms with Gasteiger partial charge < -0.3 is 10.0 Å². The fraction of sp³-hybridized carbons (Fsp3) is 1.00. The number of alkyl halides is 1. The number of rotatable bonds is 20. The molecule has 0 spiro atoms. The lowest BCUT2D eigenvalue weighted by atomic mass is 9.67. The van der Waals surface area contributed by atoms with E-state index in [1.54, 1.807) is 0 Å². The van der Waals surface area contributed by atoms with Crippen molar-refractivity contribution in [2.45, 2.75) is 180 Å². The average Bonchev–Trinajstić information content (AvgIpc) is 3.33. The van der Waals surface area contributed by atoms with Gasteiger partial charge >= 0.3 is 0 Å². The van der Waals surface area contributed by atoms with Crippen LogP contribution < -0.4 is 5.32 Å². The zero-order valence-corrected chi connectivity index (χ0v) is 27.4. The highest BCUT2D eigenvalue weighted by atomic mass is 35.5. The normalized spacial score (nSPS) is 27.2. The standard InChI is InChI=1S/C35H67ClN2O/c1-5-7-15-29(3)30(16-11-12-19-32(36)20-24-34(4)22-13-23-34)21-26-38-27-25-35(28-38,37-33(39)14-6-2)31-17-9-8-10-18-31/h29-33,37,39H,5-28H2,1-4H3. The molecule has 230 valence electrons. The van der Waals surface area contributed by atoms with E-state index in [1.807, 2.05) is 0 Å². The summed E-state index contributed by atoms with van der Waals surface area (Å²) in [7, 11) is 0. The number of aliphatic hydroxyl groups is 1. The summed E-state index contributed by atoms with van der Waals surface area (Å²) in [5.74, 6) is 2.39. The lowest BCUT2D eigenvalue weighted by molar-refractivity contribution is 0.0477. The summed E-state index contributed by atoms with van der Waals surface area (Å²) >= 11 is 6.78. The van der Waals surface area contributed by atoms with Gasteiger partial charge in [0.2, 0.25) is 0 Å². The van der Waals surface area contributed by atoms with Crippen LogP contribution in [0.1, 0.15) is 163 Å². The van der Waals surface area contributed by atoms with Gasteiger partial charge in [-0.05, 0) is 93.9 Å². The number of unbranched alkanes of at least 4 members (excludes halogenated alkanes) is 2. The number of nitrogens with one attached hydrogen (secondary N) is 1. The summed E-state index contributed by atoms with van der Waals surface area (Å²) in [5, 5.41) is 15.0. The van der Waals surface area contributed by atoms with Crippen molar-refractivity contribution in [3.05, 3.63) is 0 Å². The first-order chi connectivity index (χ1) is 18.8. The third-order valence-electron chi connectivity index (χ3n) is 11.4. The molecule has 39 heavy (non-hydrogen) atoms. The molecule has 1 heterocycles. The largest absolute Gasteiger partial charge is 0.379 e. The molecule has 4 heteroatoms. The lowest BCUT2D eigenvalue weighted by Gasteiger charge is -2.42. The van der Waals surface area contributed by atoms with Crippen molar-refractivity contribution in [2.75, 3.05) is 19.6 Å². The minimum atomic E-state index is -0.346. The van der Waals surface area contributed by atoms with Gasteiger partial charge in [0.25, 0.3) is 0 Å². The van der Waals surface area contributed by atoms with Crippen LogP contribution >= 0.6 is 11.6 Å². The Morgan fingerprint density at radius 1 is 0.872 bits per heavy atom. The van der Waals surface area contributed by atoms with E-state index in [2.05, 4.69) is 37.9 Å². The van der Waals surface area contributed by atoms with Crippen molar-refractivity contribution in [1.82, 2.24) is 10.2 Å². The van der Waals surface area contributed by atoms with Crippen LogP contribution in [0.3, 0.4) is 0 Å². The Kier molecular flexibility index (Phi) is 15.0. The van der Waals surface area contributed by atoms with Crippen LogP contribution in [0, 0.1) is 23.2 Å². The zero-order valence-electron chi connectivity index (χ0n) is 26.6. The summed E-state index contributed by atoms with van der Waals surface area (Å²) in [4.78, 5) is 2.76. The van der Waals surface area contributed by atoms with Gasteiger partial charge in [0.15, 0.2) is 0 Å². The van der Waals surface area contributed by atoms with Gasteiger partial charge in [-0.25, -0.2) is 0 Å². The molecule has 3 rings (SSSR count). The van der Waals surface area contributed by atoms with Crippen LogP contribution in [-0.4, -0.2) is 46.8 Å². The number of halogens is 1. The summed E-state index contributed by atoms with van der Waals surface area (Å²) in [5.41, 5.74) is 0.741. The number of hydrogen-bond acceptors (Lipinski definition) is 3. The van der Waals surface area contributed by atoms with E-state index in [0.717, 1.165) is 37.1 Å². The van der Waals surface area contributed by atoms with Gasteiger partial charge in [0.05, 0.1) is 0 Å². The summed E-state index contributed by atoms with van der Waals surface area (Å²) < 4.78 is 0. The van der Waals surface area contributed by atoms with Gasteiger partial charge in [-0.15, -0.1) is 11.6 Å². The summed E-state index contributed by atoms with van der Waals surface area (Å²) in [6.45, 7) is 13.1. The first-order valence-electron chi connectivity index (χ1n) is 17.6. The average molecular weight is 567 g/mol. The Morgan fingerprint density at radius 3 is 2.28 bits per heavy atom. The van der Waals surface area contributed by atoms with Gasteiger partial charge in [-0.1, -0.05) is 98.3 Å². The quantitative estimate of drug-likeness (QED) is 0.0874. The van der Waals surface area contributed by atoms with Gasteiger partial charge in [0, 0.05) is 24.0 Å². The molecule has 3 nitrogen and oxygen atoms in total. The minimum absolute atomic E-state index is 0.129. The first-order valence-corrected chi connectivity index (χ1v) is 18.0. The lowest BCUT2D eigenvalue weighted by Crippen LogP contribution is -2.57. The molecule has 5 unspecified atom stereocenters. The fourth-order valence-electron chi connectivity index (χ4n) is 8.28. The van der Waals surface area contributed by atoms with Crippen molar-refractivity contribution < 1.29 is 5.11 Å². The van der Waals surface area contributed by atoms with Crippen molar-refractivity contribution >= 4 is 11.6 Å². The number of hydrogen-bond donors (Lipinski definition) is 2. The minimum Gasteiger partial charge on any atom is -0.379 e. The smallest absolute Gasteiger partial charge is 0.105 e. The van der Waals surface area contributed by atoms with Crippen LogP contribution in [0.4, 0.5) is 0 Å². The monoisotopic (exact) mass is 566 g/mol. The molecule has 0 aromatic heterocycles. The Hall–Kier alpha value is 0.170. The molecule has 0 radical (unpaired) electrons. The molecule has 2 saturated carbocycles. The summed E-state index contributed by atoms with van der Waals surface area (Å²) in [6, 6.07) is 0. The van der Waals surface area contributed by atoms with E-state index in [1.165, 1.54) is 135 Å². The van der Waals surface area contributed by atoms with E-state index < -0.39 is 0 Å². The van der Waals surface area contributed by atoms with Crippen molar-refractivity contribution in [3.8, 4) is 0 Å². The zero-order chi connectivity index (χ0) is 28.1.